The second kappa shape index (κ2) is 12.8. The SMILES string of the molecule is CC1(C)c2ccccc2-c2c(N(c3ccc(-c4ccccc4)cc3)c3ccc4c(c3)C(c3ccccc3)(c3ccccc3)c3ccccc3-4)cc3ccccc3c21. The second-order valence-corrected chi connectivity index (χ2v) is 16.0. The summed E-state index contributed by atoms with van der Waals surface area (Å²) in [5.41, 5.74) is 18.2. The van der Waals surface area contributed by atoms with E-state index in [1.165, 1.54) is 83.2 Å². The van der Waals surface area contributed by atoms with Crippen LogP contribution in [-0.2, 0) is 10.8 Å². The predicted octanol–water partition coefficient (Wildman–Crippen LogP) is 14.6. The standard InChI is InChI=1S/C56H41N/c1-55(2)49-28-16-15-27-48(49)53-52(36-40-20-12-13-25-45(40)54(53)55)57(43-32-30-39(31-33-43)38-18-6-3-7-19-38)44-34-35-47-46-26-14-17-29-50(46)56(51(47)37-44,41-21-8-4-9-22-41)42-23-10-5-11-24-42/h3-37H,1-2H3. The molecule has 1 nitrogen and oxygen atoms in total. The van der Waals surface area contributed by atoms with Gasteiger partial charge in [-0.3, -0.25) is 0 Å². The van der Waals surface area contributed by atoms with Gasteiger partial charge in [-0.05, 0) is 102 Å². The maximum absolute atomic E-state index is 2.53. The summed E-state index contributed by atoms with van der Waals surface area (Å²) in [6.07, 6.45) is 0. The maximum Gasteiger partial charge on any atom is 0.0714 e. The molecule has 9 aromatic carbocycles. The molecule has 270 valence electrons. The monoisotopic (exact) mass is 727 g/mol. The van der Waals surface area contributed by atoms with Gasteiger partial charge in [0.1, 0.15) is 0 Å². The topological polar surface area (TPSA) is 3.24 Å². The van der Waals surface area contributed by atoms with Crippen LogP contribution in [0, 0.1) is 0 Å². The van der Waals surface area contributed by atoms with Gasteiger partial charge in [-0.25, -0.2) is 0 Å². The molecule has 57 heavy (non-hydrogen) atoms. The van der Waals surface area contributed by atoms with Crippen LogP contribution in [0.5, 0.6) is 0 Å². The quantitative estimate of drug-likeness (QED) is 0.165. The summed E-state index contributed by atoms with van der Waals surface area (Å²) in [6, 6.07) is 78.7. The average Bonchev–Trinajstić information content (AvgIpc) is 3.71. The summed E-state index contributed by atoms with van der Waals surface area (Å²) >= 11 is 0. The molecule has 0 unspecified atom stereocenters. The lowest BCUT2D eigenvalue weighted by Gasteiger charge is -2.35. The fourth-order valence-corrected chi connectivity index (χ4v) is 10.2. The van der Waals surface area contributed by atoms with E-state index < -0.39 is 5.41 Å². The van der Waals surface area contributed by atoms with Gasteiger partial charge in [0.05, 0.1) is 11.1 Å². The highest BCUT2D eigenvalue weighted by molar-refractivity contribution is 6.06. The summed E-state index contributed by atoms with van der Waals surface area (Å²) in [4.78, 5) is 2.53. The van der Waals surface area contributed by atoms with Gasteiger partial charge < -0.3 is 4.90 Å². The lowest BCUT2D eigenvalue weighted by Crippen LogP contribution is -2.28. The van der Waals surface area contributed by atoms with Crippen molar-refractivity contribution >= 4 is 27.8 Å². The Morgan fingerprint density at radius 1 is 0.386 bits per heavy atom. The van der Waals surface area contributed by atoms with Crippen molar-refractivity contribution < 1.29 is 0 Å². The molecule has 1 heteroatoms. The van der Waals surface area contributed by atoms with E-state index in [4.69, 9.17) is 0 Å². The van der Waals surface area contributed by atoms with E-state index in [1.807, 2.05) is 0 Å². The van der Waals surface area contributed by atoms with Crippen molar-refractivity contribution in [3.63, 3.8) is 0 Å². The van der Waals surface area contributed by atoms with E-state index in [0.29, 0.717) is 0 Å². The van der Waals surface area contributed by atoms with Gasteiger partial charge in [-0.1, -0.05) is 196 Å². The predicted molar refractivity (Wildman–Crippen MR) is 239 cm³/mol. The van der Waals surface area contributed by atoms with Crippen LogP contribution in [0.2, 0.25) is 0 Å². The first-order chi connectivity index (χ1) is 28.0. The minimum atomic E-state index is -0.507. The van der Waals surface area contributed by atoms with E-state index >= 15 is 0 Å². The third-order valence-corrected chi connectivity index (χ3v) is 12.7. The molecule has 0 saturated carbocycles. The number of rotatable bonds is 6. The number of fused-ring (bicyclic) bond motifs is 8. The van der Waals surface area contributed by atoms with Crippen LogP contribution in [0.3, 0.4) is 0 Å². The highest BCUT2D eigenvalue weighted by atomic mass is 15.1. The molecule has 0 saturated heterocycles. The summed E-state index contributed by atoms with van der Waals surface area (Å²) in [5.74, 6) is 0. The molecule has 0 heterocycles. The molecule has 9 aromatic rings. The van der Waals surface area contributed by atoms with E-state index in [9.17, 15) is 0 Å². The van der Waals surface area contributed by atoms with E-state index in [-0.39, 0.29) is 5.41 Å². The summed E-state index contributed by atoms with van der Waals surface area (Å²) < 4.78 is 0. The molecule has 0 amide bonds. The van der Waals surface area contributed by atoms with Crippen LogP contribution in [0.15, 0.2) is 212 Å². The molecule has 0 atom stereocenters. The first-order valence-corrected chi connectivity index (χ1v) is 20.0. The first-order valence-electron chi connectivity index (χ1n) is 20.0. The lowest BCUT2D eigenvalue weighted by atomic mass is 9.67. The van der Waals surface area contributed by atoms with Crippen molar-refractivity contribution in [2.24, 2.45) is 0 Å². The Labute approximate surface area is 335 Å². The Hall–Kier alpha value is -6.96. The zero-order chi connectivity index (χ0) is 38.1. The van der Waals surface area contributed by atoms with E-state index in [2.05, 4.69) is 231 Å². The Balaban J connectivity index is 1.23. The van der Waals surface area contributed by atoms with E-state index in [1.54, 1.807) is 0 Å². The molecule has 0 N–H and O–H groups in total. The van der Waals surface area contributed by atoms with Gasteiger partial charge in [0, 0.05) is 22.4 Å². The maximum atomic E-state index is 2.53. The third-order valence-electron chi connectivity index (χ3n) is 12.7. The van der Waals surface area contributed by atoms with Crippen molar-refractivity contribution in [1.29, 1.82) is 0 Å². The Kier molecular flexibility index (Phi) is 7.50. The van der Waals surface area contributed by atoms with Gasteiger partial charge in [0.25, 0.3) is 0 Å². The minimum absolute atomic E-state index is 0.181. The lowest BCUT2D eigenvalue weighted by molar-refractivity contribution is 0.666. The van der Waals surface area contributed by atoms with Crippen LogP contribution < -0.4 is 4.90 Å². The highest BCUT2D eigenvalue weighted by Crippen LogP contribution is 2.59. The van der Waals surface area contributed by atoms with Gasteiger partial charge in [-0.2, -0.15) is 0 Å². The number of hydrogen-bond donors (Lipinski definition) is 0. The van der Waals surface area contributed by atoms with Gasteiger partial charge in [0.2, 0.25) is 0 Å². The van der Waals surface area contributed by atoms with Gasteiger partial charge in [-0.15, -0.1) is 0 Å². The fourth-order valence-electron chi connectivity index (χ4n) is 10.2. The largest absolute Gasteiger partial charge is 0.310 e. The van der Waals surface area contributed by atoms with Crippen LogP contribution in [0.1, 0.15) is 47.2 Å². The van der Waals surface area contributed by atoms with E-state index in [0.717, 1.165) is 11.4 Å². The molecule has 0 spiro atoms. The average molecular weight is 728 g/mol. The summed E-state index contributed by atoms with van der Waals surface area (Å²) in [7, 11) is 0. The smallest absolute Gasteiger partial charge is 0.0714 e. The number of hydrogen-bond acceptors (Lipinski definition) is 1. The van der Waals surface area contributed by atoms with Crippen molar-refractivity contribution in [2.45, 2.75) is 24.7 Å². The normalized spacial score (nSPS) is 14.1. The van der Waals surface area contributed by atoms with Crippen LogP contribution in [0.4, 0.5) is 17.1 Å². The Morgan fingerprint density at radius 2 is 0.912 bits per heavy atom. The summed E-state index contributed by atoms with van der Waals surface area (Å²) in [6.45, 7) is 4.79. The van der Waals surface area contributed by atoms with Crippen molar-refractivity contribution in [3.05, 3.63) is 246 Å². The molecule has 0 bridgehead atoms. The molecule has 2 aliphatic rings. The van der Waals surface area contributed by atoms with Crippen molar-refractivity contribution in [3.8, 4) is 33.4 Å². The minimum Gasteiger partial charge on any atom is -0.310 e. The first kappa shape index (κ1) is 33.4. The Bertz CT molecular complexity index is 2920. The third kappa shape index (κ3) is 4.89. The van der Waals surface area contributed by atoms with Crippen molar-refractivity contribution in [1.82, 2.24) is 0 Å². The Morgan fingerprint density at radius 3 is 1.61 bits per heavy atom. The number of nitrogens with zero attached hydrogens (tertiary/aromatic N) is 1. The van der Waals surface area contributed by atoms with Gasteiger partial charge >= 0.3 is 0 Å². The second-order valence-electron chi connectivity index (χ2n) is 16.0. The van der Waals surface area contributed by atoms with Crippen molar-refractivity contribution in [2.75, 3.05) is 4.90 Å². The fraction of sp³-hybridized carbons (Fsp3) is 0.0714. The molecule has 11 rings (SSSR count). The van der Waals surface area contributed by atoms with Gasteiger partial charge in [0.15, 0.2) is 0 Å². The molecular weight excluding hydrogens is 687 g/mol. The zero-order valence-electron chi connectivity index (χ0n) is 32.2. The van der Waals surface area contributed by atoms with Crippen LogP contribution in [-0.4, -0.2) is 0 Å². The number of benzene rings is 9. The molecule has 0 radical (unpaired) electrons. The van der Waals surface area contributed by atoms with Crippen LogP contribution >= 0.6 is 0 Å². The molecule has 0 aliphatic heterocycles. The zero-order valence-corrected chi connectivity index (χ0v) is 32.2. The molecule has 0 fully saturated rings. The van der Waals surface area contributed by atoms with Crippen LogP contribution in [0.25, 0.3) is 44.2 Å². The summed E-state index contributed by atoms with van der Waals surface area (Å²) in [5, 5.41) is 2.56. The number of anilines is 3. The highest BCUT2D eigenvalue weighted by Gasteiger charge is 2.46. The molecule has 0 aromatic heterocycles. The molecule has 2 aliphatic carbocycles. The molecular formula is C56H41N.